The van der Waals surface area contributed by atoms with Gasteiger partial charge in [-0.1, -0.05) is 64.9 Å². The van der Waals surface area contributed by atoms with Crippen molar-refractivity contribution in [1.29, 1.82) is 0 Å². The Morgan fingerprint density at radius 2 is 1.50 bits per heavy atom. The standard InChI is InChI=1S/C14H28/c1-4-7-8-9-10-11-12-13-14(5-2)6-3/h4,14H,1,5-13H2,2-3H3. The second-order valence-corrected chi connectivity index (χ2v) is 4.32. The fourth-order valence-electron chi connectivity index (χ4n) is 1.95. The molecule has 0 aliphatic heterocycles. The quantitative estimate of drug-likeness (QED) is 0.327. The first-order valence-corrected chi connectivity index (χ1v) is 6.46. The Morgan fingerprint density at radius 3 is 2.07 bits per heavy atom. The Kier molecular flexibility index (Phi) is 10.6. The van der Waals surface area contributed by atoms with Crippen LogP contribution in [0.4, 0.5) is 0 Å². The van der Waals surface area contributed by atoms with Gasteiger partial charge < -0.3 is 0 Å². The monoisotopic (exact) mass is 196 g/mol. The first-order valence-electron chi connectivity index (χ1n) is 6.46. The van der Waals surface area contributed by atoms with Crippen molar-refractivity contribution in [1.82, 2.24) is 0 Å². The summed E-state index contributed by atoms with van der Waals surface area (Å²) >= 11 is 0. The number of unbranched alkanes of at least 4 members (excludes halogenated alkanes) is 5. The number of rotatable bonds is 10. The van der Waals surface area contributed by atoms with E-state index in [4.69, 9.17) is 0 Å². The van der Waals surface area contributed by atoms with E-state index in [0.29, 0.717) is 0 Å². The molecule has 0 fully saturated rings. The van der Waals surface area contributed by atoms with Crippen LogP contribution in [0.25, 0.3) is 0 Å². The Hall–Kier alpha value is -0.260. The SMILES string of the molecule is C=CCCCCCCCC(CC)CC. The zero-order valence-corrected chi connectivity index (χ0v) is 10.2. The Bertz CT molecular complexity index is 111. The molecule has 0 bridgehead atoms. The van der Waals surface area contributed by atoms with Crippen LogP contribution < -0.4 is 0 Å². The molecule has 0 radical (unpaired) electrons. The summed E-state index contributed by atoms with van der Waals surface area (Å²) in [5.74, 6) is 0.989. The zero-order valence-electron chi connectivity index (χ0n) is 10.2. The Balaban J connectivity index is 3.08. The van der Waals surface area contributed by atoms with Gasteiger partial charge in [0.2, 0.25) is 0 Å². The van der Waals surface area contributed by atoms with Crippen LogP contribution in [0.2, 0.25) is 0 Å². The van der Waals surface area contributed by atoms with E-state index < -0.39 is 0 Å². The summed E-state index contributed by atoms with van der Waals surface area (Å²) in [4.78, 5) is 0. The summed E-state index contributed by atoms with van der Waals surface area (Å²) in [5.41, 5.74) is 0. The number of hydrogen-bond donors (Lipinski definition) is 0. The van der Waals surface area contributed by atoms with Crippen LogP contribution in [0.5, 0.6) is 0 Å². The van der Waals surface area contributed by atoms with Crippen LogP contribution in [0.1, 0.15) is 71.6 Å². The van der Waals surface area contributed by atoms with Gasteiger partial charge in [0.1, 0.15) is 0 Å². The zero-order chi connectivity index (χ0) is 10.6. The summed E-state index contributed by atoms with van der Waals surface area (Å²) in [6.07, 6.45) is 14.5. The van der Waals surface area contributed by atoms with Gasteiger partial charge in [-0.05, 0) is 18.8 Å². The van der Waals surface area contributed by atoms with Gasteiger partial charge in [0.05, 0.1) is 0 Å². The van der Waals surface area contributed by atoms with Crippen LogP contribution >= 0.6 is 0 Å². The summed E-state index contributed by atoms with van der Waals surface area (Å²) in [7, 11) is 0. The van der Waals surface area contributed by atoms with Crippen molar-refractivity contribution in [3.05, 3.63) is 12.7 Å². The topological polar surface area (TPSA) is 0 Å². The maximum atomic E-state index is 3.74. The third-order valence-corrected chi connectivity index (χ3v) is 3.18. The molecule has 0 aliphatic rings. The van der Waals surface area contributed by atoms with Gasteiger partial charge in [-0.2, -0.15) is 0 Å². The molecule has 0 rings (SSSR count). The second kappa shape index (κ2) is 10.8. The van der Waals surface area contributed by atoms with Crippen LogP contribution in [0, 0.1) is 5.92 Å². The molecular formula is C14H28. The molecule has 84 valence electrons. The molecule has 0 atom stereocenters. The lowest BCUT2D eigenvalue weighted by atomic mass is 9.96. The molecule has 0 aromatic heterocycles. The van der Waals surface area contributed by atoms with Crippen molar-refractivity contribution in [2.45, 2.75) is 71.6 Å². The minimum atomic E-state index is 0.989. The molecular weight excluding hydrogens is 168 g/mol. The van der Waals surface area contributed by atoms with E-state index in [-0.39, 0.29) is 0 Å². The third kappa shape index (κ3) is 8.34. The summed E-state index contributed by atoms with van der Waals surface area (Å²) in [6, 6.07) is 0. The molecule has 0 nitrogen and oxygen atoms in total. The maximum absolute atomic E-state index is 3.74. The normalized spacial score (nSPS) is 10.8. The van der Waals surface area contributed by atoms with Crippen LogP contribution in [0.15, 0.2) is 12.7 Å². The number of hydrogen-bond acceptors (Lipinski definition) is 0. The summed E-state index contributed by atoms with van der Waals surface area (Å²) in [6.45, 7) is 8.38. The molecule has 0 unspecified atom stereocenters. The summed E-state index contributed by atoms with van der Waals surface area (Å²) in [5, 5.41) is 0. The highest BCUT2D eigenvalue weighted by molar-refractivity contribution is 4.65. The van der Waals surface area contributed by atoms with Crippen molar-refractivity contribution in [3.63, 3.8) is 0 Å². The largest absolute Gasteiger partial charge is 0.103 e. The highest BCUT2D eigenvalue weighted by Crippen LogP contribution is 2.17. The average molecular weight is 196 g/mol. The van der Waals surface area contributed by atoms with E-state index in [9.17, 15) is 0 Å². The highest BCUT2D eigenvalue weighted by atomic mass is 14.1. The molecule has 0 aromatic rings. The molecule has 0 heterocycles. The molecule has 0 saturated heterocycles. The van der Waals surface area contributed by atoms with Crippen molar-refractivity contribution >= 4 is 0 Å². The van der Waals surface area contributed by atoms with Gasteiger partial charge in [-0.3, -0.25) is 0 Å². The van der Waals surface area contributed by atoms with Gasteiger partial charge in [0.25, 0.3) is 0 Å². The fourth-order valence-corrected chi connectivity index (χ4v) is 1.95. The lowest BCUT2D eigenvalue weighted by Gasteiger charge is -2.11. The van der Waals surface area contributed by atoms with E-state index in [1.165, 1.54) is 57.8 Å². The lowest BCUT2D eigenvalue weighted by molar-refractivity contribution is 0.427. The minimum absolute atomic E-state index is 0.989. The predicted molar refractivity (Wildman–Crippen MR) is 66.6 cm³/mol. The Labute approximate surface area is 90.8 Å². The third-order valence-electron chi connectivity index (χ3n) is 3.18. The molecule has 0 spiro atoms. The minimum Gasteiger partial charge on any atom is -0.103 e. The molecule has 0 aliphatic carbocycles. The van der Waals surface area contributed by atoms with Gasteiger partial charge in [0.15, 0.2) is 0 Å². The van der Waals surface area contributed by atoms with Crippen molar-refractivity contribution in [2.75, 3.05) is 0 Å². The smallest absolute Gasteiger partial charge is 0.0353 e. The van der Waals surface area contributed by atoms with Crippen LogP contribution in [-0.2, 0) is 0 Å². The maximum Gasteiger partial charge on any atom is -0.0353 e. The Morgan fingerprint density at radius 1 is 0.929 bits per heavy atom. The molecule has 0 saturated carbocycles. The summed E-state index contributed by atoms with van der Waals surface area (Å²) < 4.78 is 0. The van der Waals surface area contributed by atoms with Crippen molar-refractivity contribution in [2.24, 2.45) is 5.92 Å². The first-order chi connectivity index (χ1) is 6.85. The van der Waals surface area contributed by atoms with E-state index in [1.807, 2.05) is 6.08 Å². The van der Waals surface area contributed by atoms with Crippen molar-refractivity contribution in [3.8, 4) is 0 Å². The fraction of sp³-hybridized carbons (Fsp3) is 0.857. The first kappa shape index (κ1) is 13.7. The van der Waals surface area contributed by atoms with Gasteiger partial charge in [-0.25, -0.2) is 0 Å². The van der Waals surface area contributed by atoms with E-state index in [0.717, 1.165) is 5.92 Å². The lowest BCUT2D eigenvalue weighted by Crippen LogP contribution is -1.96. The van der Waals surface area contributed by atoms with Gasteiger partial charge >= 0.3 is 0 Å². The van der Waals surface area contributed by atoms with Crippen molar-refractivity contribution < 1.29 is 0 Å². The van der Waals surface area contributed by atoms with Crippen LogP contribution in [0.3, 0.4) is 0 Å². The van der Waals surface area contributed by atoms with E-state index >= 15 is 0 Å². The molecule has 0 aromatic carbocycles. The molecule has 14 heavy (non-hydrogen) atoms. The van der Waals surface area contributed by atoms with E-state index in [2.05, 4.69) is 20.4 Å². The molecule has 0 amide bonds. The second-order valence-electron chi connectivity index (χ2n) is 4.32. The highest BCUT2D eigenvalue weighted by Gasteiger charge is 2.01. The van der Waals surface area contributed by atoms with Gasteiger partial charge in [0, 0.05) is 0 Å². The molecule has 0 heteroatoms. The van der Waals surface area contributed by atoms with E-state index in [1.54, 1.807) is 0 Å². The van der Waals surface area contributed by atoms with Crippen LogP contribution in [-0.4, -0.2) is 0 Å². The average Bonchev–Trinajstić information content (AvgIpc) is 2.22. The van der Waals surface area contributed by atoms with Gasteiger partial charge in [-0.15, -0.1) is 6.58 Å². The molecule has 0 N–H and O–H groups in total. The predicted octanol–water partition coefficient (Wildman–Crippen LogP) is 5.34. The number of allylic oxidation sites excluding steroid dienone is 1.